The number of ether oxygens (including phenoxy) is 2. The Morgan fingerprint density at radius 2 is 1.94 bits per heavy atom. The molecule has 0 saturated carbocycles. The van der Waals surface area contributed by atoms with Crippen LogP contribution in [-0.4, -0.2) is 36.2 Å². The van der Waals surface area contributed by atoms with Crippen molar-refractivity contribution >= 4 is 17.9 Å². The van der Waals surface area contributed by atoms with Crippen LogP contribution in [0, 0.1) is 17.8 Å². The van der Waals surface area contributed by atoms with Crippen LogP contribution in [0.25, 0.3) is 0 Å². The van der Waals surface area contributed by atoms with Crippen LogP contribution in [0.15, 0.2) is 0 Å². The van der Waals surface area contributed by atoms with Crippen LogP contribution in [0.5, 0.6) is 0 Å². The molecule has 0 spiro atoms. The maximum atomic E-state index is 11.3. The van der Waals surface area contributed by atoms with E-state index in [1.807, 2.05) is 0 Å². The molecule has 0 bridgehead atoms. The molecule has 6 nitrogen and oxygen atoms in total. The maximum absolute atomic E-state index is 11.3. The van der Waals surface area contributed by atoms with Crippen LogP contribution < -0.4 is 0 Å². The van der Waals surface area contributed by atoms with Crippen LogP contribution in [0.3, 0.4) is 0 Å². The first kappa shape index (κ1) is 15.0. The Hall–Kier alpha value is -2.03. The molecule has 0 rings (SSSR count). The van der Waals surface area contributed by atoms with Gasteiger partial charge in [-0.05, 0) is 13.8 Å². The summed E-state index contributed by atoms with van der Waals surface area (Å²) in [5.41, 5.74) is 0. The van der Waals surface area contributed by atoms with E-state index in [9.17, 15) is 14.4 Å². The zero-order chi connectivity index (χ0) is 13.3. The summed E-state index contributed by atoms with van der Waals surface area (Å²) in [6.45, 7) is 3.08. The summed E-state index contributed by atoms with van der Waals surface area (Å²) in [5.74, 6) is 0.219. The van der Waals surface area contributed by atoms with E-state index in [-0.39, 0.29) is 13.2 Å². The number of aliphatic carboxylic acids is 1. The van der Waals surface area contributed by atoms with Gasteiger partial charge >= 0.3 is 17.9 Å². The van der Waals surface area contributed by atoms with Gasteiger partial charge in [0.15, 0.2) is 12.5 Å². The second-order valence-corrected chi connectivity index (χ2v) is 2.93. The van der Waals surface area contributed by atoms with Gasteiger partial charge in [0.2, 0.25) is 0 Å². The molecule has 94 valence electrons. The first-order valence-electron chi connectivity index (χ1n) is 4.97. The molecule has 0 radical (unpaired) electrons. The van der Waals surface area contributed by atoms with Crippen molar-refractivity contribution in [1.82, 2.24) is 0 Å². The molecule has 0 aromatic heterocycles. The predicted molar refractivity (Wildman–Crippen MR) is 56.8 cm³/mol. The Kier molecular flexibility index (Phi) is 7.19. The lowest BCUT2D eigenvalue weighted by Gasteiger charge is -2.09. The van der Waals surface area contributed by atoms with Crippen molar-refractivity contribution in [3.63, 3.8) is 0 Å². The minimum atomic E-state index is -1.55. The smallest absolute Gasteiger partial charge is 0.321 e. The lowest BCUT2D eigenvalue weighted by molar-refractivity contribution is -0.163. The SMILES string of the molecule is CC#CCOC(=O)C(CC(=O)OCC)C(=O)O. The van der Waals surface area contributed by atoms with Gasteiger partial charge in [-0.1, -0.05) is 5.92 Å². The molecule has 17 heavy (non-hydrogen) atoms. The average Bonchev–Trinajstić information content (AvgIpc) is 2.26. The number of hydrogen-bond donors (Lipinski definition) is 1. The topological polar surface area (TPSA) is 89.9 Å². The van der Waals surface area contributed by atoms with Crippen LogP contribution in [-0.2, 0) is 23.9 Å². The monoisotopic (exact) mass is 242 g/mol. The van der Waals surface area contributed by atoms with Crippen LogP contribution in [0.2, 0.25) is 0 Å². The van der Waals surface area contributed by atoms with Crippen molar-refractivity contribution in [3.05, 3.63) is 0 Å². The molecule has 0 amide bonds. The van der Waals surface area contributed by atoms with E-state index in [1.165, 1.54) is 0 Å². The van der Waals surface area contributed by atoms with E-state index < -0.39 is 30.2 Å². The number of carbonyl (C=O) groups excluding carboxylic acids is 2. The number of carbonyl (C=O) groups is 3. The third-order valence-electron chi connectivity index (χ3n) is 1.72. The van der Waals surface area contributed by atoms with Crippen LogP contribution in [0.4, 0.5) is 0 Å². The molecule has 6 heteroatoms. The summed E-state index contributed by atoms with van der Waals surface area (Å²) in [6.07, 6.45) is -0.540. The van der Waals surface area contributed by atoms with Crippen molar-refractivity contribution < 1.29 is 29.0 Å². The summed E-state index contributed by atoms with van der Waals surface area (Å²) in [5, 5.41) is 8.77. The lowest BCUT2D eigenvalue weighted by atomic mass is 10.1. The summed E-state index contributed by atoms with van der Waals surface area (Å²) < 4.78 is 9.14. The first-order chi connectivity index (χ1) is 8.02. The fourth-order valence-corrected chi connectivity index (χ4v) is 0.938. The van der Waals surface area contributed by atoms with Gasteiger partial charge in [0.1, 0.15) is 0 Å². The van der Waals surface area contributed by atoms with Gasteiger partial charge in [-0.25, -0.2) is 0 Å². The molecular formula is C11H14O6. The highest BCUT2D eigenvalue weighted by Crippen LogP contribution is 2.07. The predicted octanol–water partition coefficient (Wildman–Crippen LogP) is 0.207. The largest absolute Gasteiger partial charge is 0.481 e. The molecule has 1 unspecified atom stereocenters. The molecule has 0 aromatic rings. The van der Waals surface area contributed by atoms with Crippen molar-refractivity contribution in [3.8, 4) is 11.8 Å². The minimum absolute atomic E-state index is 0.127. The maximum Gasteiger partial charge on any atom is 0.321 e. The molecule has 0 aromatic carbocycles. The van der Waals surface area contributed by atoms with E-state index >= 15 is 0 Å². The van der Waals surface area contributed by atoms with Crippen LogP contribution in [0.1, 0.15) is 20.3 Å². The molecular weight excluding hydrogens is 228 g/mol. The molecule has 0 aliphatic heterocycles. The Labute approximate surface area is 98.9 Å². The van der Waals surface area contributed by atoms with E-state index in [0.717, 1.165) is 0 Å². The highest BCUT2D eigenvalue weighted by atomic mass is 16.5. The molecule has 0 fully saturated rings. The van der Waals surface area contributed by atoms with E-state index in [1.54, 1.807) is 13.8 Å². The Morgan fingerprint density at radius 1 is 1.29 bits per heavy atom. The zero-order valence-electron chi connectivity index (χ0n) is 9.69. The van der Waals surface area contributed by atoms with Crippen molar-refractivity contribution in [2.45, 2.75) is 20.3 Å². The highest BCUT2D eigenvalue weighted by Gasteiger charge is 2.31. The molecule has 0 aliphatic carbocycles. The zero-order valence-corrected chi connectivity index (χ0v) is 9.69. The van der Waals surface area contributed by atoms with E-state index in [0.29, 0.717) is 0 Å². The Morgan fingerprint density at radius 3 is 2.41 bits per heavy atom. The third kappa shape index (κ3) is 6.20. The second-order valence-electron chi connectivity index (χ2n) is 2.93. The summed E-state index contributed by atoms with van der Waals surface area (Å²) >= 11 is 0. The van der Waals surface area contributed by atoms with Gasteiger partial charge in [-0.2, -0.15) is 0 Å². The Bertz CT molecular complexity index is 349. The third-order valence-corrected chi connectivity index (χ3v) is 1.72. The lowest BCUT2D eigenvalue weighted by Crippen LogP contribution is -2.29. The second kappa shape index (κ2) is 8.16. The van der Waals surface area contributed by atoms with Crippen molar-refractivity contribution in [1.29, 1.82) is 0 Å². The molecule has 1 atom stereocenters. The van der Waals surface area contributed by atoms with Gasteiger partial charge < -0.3 is 14.6 Å². The van der Waals surface area contributed by atoms with Gasteiger partial charge in [-0.3, -0.25) is 14.4 Å². The standard InChI is InChI=1S/C11H14O6/c1-3-5-6-17-11(15)8(10(13)14)7-9(12)16-4-2/h8H,4,6-7H2,1-2H3,(H,13,14). The number of esters is 2. The first-order valence-corrected chi connectivity index (χ1v) is 4.97. The number of carboxylic acids is 1. The van der Waals surface area contributed by atoms with E-state index in [4.69, 9.17) is 5.11 Å². The normalized spacial score (nSPS) is 10.7. The average molecular weight is 242 g/mol. The molecule has 0 heterocycles. The van der Waals surface area contributed by atoms with Gasteiger partial charge in [0, 0.05) is 0 Å². The van der Waals surface area contributed by atoms with E-state index in [2.05, 4.69) is 21.3 Å². The van der Waals surface area contributed by atoms with Crippen molar-refractivity contribution in [2.75, 3.05) is 13.2 Å². The summed E-state index contributed by atoms with van der Waals surface area (Å²) in [7, 11) is 0. The van der Waals surface area contributed by atoms with Crippen LogP contribution >= 0.6 is 0 Å². The number of rotatable bonds is 6. The van der Waals surface area contributed by atoms with Gasteiger partial charge in [-0.15, -0.1) is 5.92 Å². The van der Waals surface area contributed by atoms with Gasteiger partial charge in [0.25, 0.3) is 0 Å². The summed E-state index contributed by atoms with van der Waals surface area (Å²) in [4.78, 5) is 33.2. The van der Waals surface area contributed by atoms with Crippen molar-refractivity contribution in [2.24, 2.45) is 5.92 Å². The quantitative estimate of drug-likeness (QED) is 0.406. The number of carboxylic acid groups (broad SMARTS) is 1. The van der Waals surface area contributed by atoms with Gasteiger partial charge in [0.05, 0.1) is 13.0 Å². The summed E-state index contributed by atoms with van der Waals surface area (Å²) in [6, 6.07) is 0. The highest BCUT2D eigenvalue weighted by molar-refractivity contribution is 5.97. The number of hydrogen-bond acceptors (Lipinski definition) is 5. The fraction of sp³-hybridized carbons (Fsp3) is 0.545. The fourth-order valence-electron chi connectivity index (χ4n) is 0.938. The minimum Gasteiger partial charge on any atom is -0.481 e. The molecule has 0 saturated heterocycles. The molecule has 1 N–H and O–H groups in total. The Balaban J connectivity index is 4.39. The molecule has 0 aliphatic rings.